The Bertz CT molecular complexity index is 635. The van der Waals surface area contributed by atoms with Crippen LogP contribution in [0.1, 0.15) is 25.8 Å². The van der Waals surface area contributed by atoms with E-state index < -0.39 is 23.1 Å². The third-order valence-corrected chi connectivity index (χ3v) is 3.54. The van der Waals surface area contributed by atoms with Crippen LogP contribution in [0.5, 0.6) is 5.75 Å². The van der Waals surface area contributed by atoms with Crippen LogP contribution in [0.3, 0.4) is 0 Å². The van der Waals surface area contributed by atoms with Gasteiger partial charge >= 0.3 is 0 Å². The standard InChI is InChI=1S/C13H14FN3O3S/c1-7(19-10-6-4-3-5-9(10)14)12-16-17-13(20-12)21-8(2)11(15)18/h3-8H,1-2H3,(H2,15,18)/t7-,8-/m0/s1. The van der Waals surface area contributed by atoms with Crippen molar-refractivity contribution in [2.24, 2.45) is 5.73 Å². The first-order chi connectivity index (χ1) is 9.97. The number of primary amides is 1. The van der Waals surface area contributed by atoms with Gasteiger partial charge in [0, 0.05) is 0 Å². The molecule has 0 aliphatic carbocycles. The Morgan fingerprint density at radius 2 is 2.10 bits per heavy atom. The Kier molecular flexibility index (Phi) is 4.79. The number of amides is 1. The van der Waals surface area contributed by atoms with Crippen LogP contribution < -0.4 is 10.5 Å². The molecule has 2 aromatic rings. The number of nitrogens with zero attached hydrogens (tertiary/aromatic N) is 2. The summed E-state index contributed by atoms with van der Waals surface area (Å²) < 4.78 is 24.3. The van der Waals surface area contributed by atoms with Gasteiger partial charge in [-0.05, 0) is 26.0 Å². The van der Waals surface area contributed by atoms with Gasteiger partial charge in [0.25, 0.3) is 11.1 Å². The Labute approximate surface area is 124 Å². The fourth-order valence-corrected chi connectivity index (χ4v) is 2.06. The minimum absolute atomic E-state index is 0.0999. The molecule has 0 aliphatic heterocycles. The largest absolute Gasteiger partial charge is 0.478 e. The molecule has 0 bridgehead atoms. The van der Waals surface area contributed by atoms with E-state index in [2.05, 4.69) is 10.2 Å². The van der Waals surface area contributed by atoms with E-state index in [-0.39, 0.29) is 16.9 Å². The maximum atomic E-state index is 13.5. The molecule has 2 N–H and O–H groups in total. The lowest BCUT2D eigenvalue weighted by atomic mass is 10.3. The Morgan fingerprint density at radius 3 is 2.76 bits per heavy atom. The van der Waals surface area contributed by atoms with Crippen molar-refractivity contribution in [3.8, 4) is 5.75 Å². The number of carbonyl (C=O) groups excluding carboxylic acids is 1. The number of nitrogens with two attached hydrogens (primary N) is 1. The quantitative estimate of drug-likeness (QED) is 0.823. The summed E-state index contributed by atoms with van der Waals surface area (Å²) >= 11 is 1.05. The smallest absolute Gasteiger partial charge is 0.277 e. The van der Waals surface area contributed by atoms with Gasteiger partial charge in [0.1, 0.15) is 0 Å². The highest BCUT2D eigenvalue weighted by Crippen LogP contribution is 2.27. The zero-order valence-electron chi connectivity index (χ0n) is 11.4. The highest BCUT2D eigenvalue weighted by molar-refractivity contribution is 8.00. The van der Waals surface area contributed by atoms with E-state index in [1.54, 1.807) is 26.0 Å². The molecular formula is C13H14FN3O3S. The van der Waals surface area contributed by atoms with Crippen molar-refractivity contribution in [3.05, 3.63) is 36.0 Å². The molecule has 1 heterocycles. The fraction of sp³-hybridized carbons (Fsp3) is 0.308. The lowest BCUT2D eigenvalue weighted by molar-refractivity contribution is -0.117. The van der Waals surface area contributed by atoms with E-state index in [0.717, 1.165) is 11.8 Å². The molecule has 2 atom stereocenters. The van der Waals surface area contributed by atoms with E-state index in [0.29, 0.717) is 0 Å². The topological polar surface area (TPSA) is 91.2 Å². The Morgan fingerprint density at radius 1 is 1.38 bits per heavy atom. The predicted octanol–water partition coefficient (Wildman–Crippen LogP) is 2.31. The number of carbonyl (C=O) groups is 1. The van der Waals surface area contributed by atoms with E-state index >= 15 is 0 Å². The highest BCUT2D eigenvalue weighted by atomic mass is 32.2. The van der Waals surface area contributed by atoms with Crippen molar-refractivity contribution >= 4 is 17.7 Å². The molecule has 1 aromatic carbocycles. The lowest BCUT2D eigenvalue weighted by Gasteiger charge is -2.11. The van der Waals surface area contributed by atoms with Crippen molar-refractivity contribution in [2.45, 2.75) is 30.4 Å². The number of ether oxygens (including phenoxy) is 1. The van der Waals surface area contributed by atoms with Crippen LogP contribution >= 0.6 is 11.8 Å². The van der Waals surface area contributed by atoms with Gasteiger partial charge in [0.2, 0.25) is 5.91 Å². The summed E-state index contributed by atoms with van der Waals surface area (Å²) in [6.07, 6.45) is -0.618. The first-order valence-corrected chi connectivity index (χ1v) is 7.06. The van der Waals surface area contributed by atoms with Gasteiger partial charge in [0.15, 0.2) is 17.7 Å². The molecular weight excluding hydrogens is 297 g/mol. The summed E-state index contributed by atoms with van der Waals surface area (Å²) in [5.41, 5.74) is 5.15. The van der Waals surface area contributed by atoms with E-state index in [1.165, 1.54) is 12.1 Å². The summed E-state index contributed by atoms with van der Waals surface area (Å²) in [6.45, 7) is 3.29. The van der Waals surface area contributed by atoms with Crippen LogP contribution in [0.2, 0.25) is 0 Å². The number of aromatic nitrogens is 2. The molecule has 1 amide bonds. The van der Waals surface area contributed by atoms with Crippen LogP contribution in [0.25, 0.3) is 0 Å². The molecule has 1 aromatic heterocycles. The second-order valence-electron chi connectivity index (χ2n) is 4.26. The highest BCUT2D eigenvalue weighted by Gasteiger charge is 2.20. The van der Waals surface area contributed by atoms with Gasteiger partial charge in [-0.3, -0.25) is 4.79 Å². The molecule has 0 saturated heterocycles. The van der Waals surface area contributed by atoms with Crippen LogP contribution in [0.4, 0.5) is 4.39 Å². The summed E-state index contributed by atoms with van der Waals surface area (Å²) in [5.74, 6) is -0.656. The minimum Gasteiger partial charge on any atom is -0.478 e. The number of thioether (sulfide) groups is 1. The molecule has 0 aliphatic rings. The first kappa shape index (κ1) is 15.3. The molecule has 0 unspecified atom stereocenters. The number of para-hydroxylation sites is 1. The van der Waals surface area contributed by atoms with Gasteiger partial charge < -0.3 is 14.9 Å². The maximum Gasteiger partial charge on any atom is 0.277 e. The Hall–Kier alpha value is -2.09. The van der Waals surface area contributed by atoms with Gasteiger partial charge in [-0.25, -0.2) is 4.39 Å². The van der Waals surface area contributed by atoms with Crippen molar-refractivity contribution in [3.63, 3.8) is 0 Å². The van der Waals surface area contributed by atoms with Crippen LogP contribution in [-0.4, -0.2) is 21.4 Å². The first-order valence-electron chi connectivity index (χ1n) is 6.18. The summed E-state index contributed by atoms with van der Waals surface area (Å²) in [7, 11) is 0. The SMILES string of the molecule is C[C@H](Sc1nnc([C@H](C)Oc2ccccc2F)o1)C(N)=O. The average Bonchev–Trinajstić information content (AvgIpc) is 2.89. The van der Waals surface area contributed by atoms with E-state index in [9.17, 15) is 9.18 Å². The number of rotatable bonds is 6. The van der Waals surface area contributed by atoms with Gasteiger partial charge in [-0.2, -0.15) is 0 Å². The van der Waals surface area contributed by atoms with E-state index in [1.807, 2.05) is 0 Å². The monoisotopic (exact) mass is 311 g/mol. The summed E-state index contributed by atoms with van der Waals surface area (Å²) in [4.78, 5) is 11.0. The molecule has 112 valence electrons. The normalized spacial score (nSPS) is 13.7. The van der Waals surface area contributed by atoms with Gasteiger partial charge in [-0.1, -0.05) is 23.9 Å². The predicted molar refractivity (Wildman–Crippen MR) is 74.3 cm³/mol. The van der Waals surface area contributed by atoms with Crippen molar-refractivity contribution < 1.29 is 18.3 Å². The van der Waals surface area contributed by atoms with Crippen LogP contribution in [0, 0.1) is 5.82 Å². The van der Waals surface area contributed by atoms with Gasteiger partial charge in [-0.15, -0.1) is 10.2 Å². The fourth-order valence-electron chi connectivity index (χ4n) is 1.42. The molecule has 8 heteroatoms. The second kappa shape index (κ2) is 6.57. The summed E-state index contributed by atoms with van der Waals surface area (Å²) in [5, 5.41) is 7.33. The molecule has 0 saturated carbocycles. The number of hydrogen-bond acceptors (Lipinski definition) is 6. The second-order valence-corrected chi connectivity index (χ2v) is 5.55. The molecule has 0 fully saturated rings. The zero-order chi connectivity index (χ0) is 15.4. The number of hydrogen-bond donors (Lipinski definition) is 1. The average molecular weight is 311 g/mol. The maximum absolute atomic E-state index is 13.5. The molecule has 21 heavy (non-hydrogen) atoms. The van der Waals surface area contributed by atoms with Gasteiger partial charge in [0.05, 0.1) is 5.25 Å². The van der Waals surface area contributed by atoms with Crippen LogP contribution in [-0.2, 0) is 4.79 Å². The van der Waals surface area contributed by atoms with Crippen molar-refractivity contribution in [1.82, 2.24) is 10.2 Å². The third-order valence-electron chi connectivity index (χ3n) is 2.59. The zero-order valence-corrected chi connectivity index (χ0v) is 12.3. The van der Waals surface area contributed by atoms with Crippen molar-refractivity contribution in [2.75, 3.05) is 0 Å². The molecule has 0 spiro atoms. The third kappa shape index (κ3) is 3.94. The molecule has 2 rings (SSSR count). The molecule has 6 nitrogen and oxygen atoms in total. The summed E-state index contributed by atoms with van der Waals surface area (Å²) in [6, 6.07) is 6.03. The minimum atomic E-state index is -0.618. The lowest BCUT2D eigenvalue weighted by Crippen LogP contribution is -2.22. The number of benzene rings is 1. The number of halogens is 1. The molecule has 0 radical (unpaired) electrons. The Balaban J connectivity index is 2.04. The van der Waals surface area contributed by atoms with E-state index in [4.69, 9.17) is 14.9 Å². The van der Waals surface area contributed by atoms with Crippen LogP contribution in [0.15, 0.2) is 33.9 Å². The van der Waals surface area contributed by atoms with Crippen molar-refractivity contribution in [1.29, 1.82) is 0 Å².